The third-order valence-corrected chi connectivity index (χ3v) is 8.42. The lowest BCUT2D eigenvalue weighted by Crippen LogP contribution is -2.53. The Morgan fingerprint density at radius 3 is 2.08 bits per heavy atom. The molecule has 0 aromatic heterocycles. The van der Waals surface area contributed by atoms with Crippen LogP contribution in [0, 0.1) is 5.82 Å². The molecule has 0 aliphatic heterocycles. The molecular formula is C28H30Cl2FN3O4S. The predicted molar refractivity (Wildman–Crippen MR) is 152 cm³/mol. The second-order valence-corrected chi connectivity index (χ2v) is 11.8. The molecule has 1 atom stereocenters. The summed E-state index contributed by atoms with van der Waals surface area (Å²) in [6.07, 6.45) is 0.220. The zero-order valence-electron chi connectivity index (χ0n) is 21.8. The number of hydrogen-bond donors (Lipinski definition) is 1. The SMILES string of the molecule is CC[C@H](C(=O)NC(C)C)N(Cc1c(Cl)cccc1Cl)C(=O)CN(c1ccccc1F)S(=O)(=O)c1ccccc1. The largest absolute Gasteiger partial charge is 0.352 e. The van der Waals surface area contributed by atoms with Gasteiger partial charge in [0.2, 0.25) is 11.8 Å². The minimum Gasteiger partial charge on any atom is -0.352 e. The van der Waals surface area contributed by atoms with E-state index in [-0.39, 0.29) is 39.6 Å². The van der Waals surface area contributed by atoms with E-state index < -0.39 is 40.2 Å². The average Bonchev–Trinajstić information content (AvgIpc) is 2.89. The van der Waals surface area contributed by atoms with Crippen LogP contribution in [0.15, 0.2) is 77.7 Å². The zero-order valence-corrected chi connectivity index (χ0v) is 24.1. The summed E-state index contributed by atoms with van der Waals surface area (Å²) < 4.78 is 43.1. The van der Waals surface area contributed by atoms with Gasteiger partial charge in [-0.3, -0.25) is 13.9 Å². The summed E-state index contributed by atoms with van der Waals surface area (Å²) in [4.78, 5) is 28.2. The first-order chi connectivity index (χ1) is 18.5. The molecule has 2 amide bonds. The molecule has 208 valence electrons. The topological polar surface area (TPSA) is 86.8 Å². The van der Waals surface area contributed by atoms with Gasteiger partial charge in [-0.2, -0.15) is 0 Å². The fourth-order valence-electron chi connectivity index (χ4n) is 4.04. The summed E-state index contributed by atoms with van der Waals surface area (Å²) in [6, 6.07) is 16.4. The van der Waals surface area contributed by atoms with Gasteiger partial charge in [0.25, 0.3) is 10.0 Å². The monoisotopic (exact) mass is 593 g/mol. The minimum atomic E-state index is -4.37. The van der Waals surface area contributed by atoms with Crippen molar-refractivity contribution in [1.29, 1.82) is 0 Å². The van der Waals surface area contributed by atoms with Crippen LogP contribution in [0.4, 0.5) is 10.1 Å². The van der Waals surface area contributed by atoms with Crippen LogP contribution >= 0.6 is 23.2 Å². The number of para-hydroxylation sites is 1. The smallest absolute Gasteiger partial charge is 0.264 e. The maximum atomic E-state index is 15.0. The Balaban J connectivity index is 2.11. The van der Waals surface area contributed by atoms with Crippen molar-refractivity contribution in [3.05, 3.63) is 94.2 Å². The number of nitrogens with zero attached hydrogens (tertiary/aromatic N) is 2. The number of hydrogen-bond acceptors (Lipinski definition) is 4. The zero-order chi connectivity index (χ0) is 28.7. The molecule has 0 saturated carbocycles. The number of halogens is 3. The van der Waals surface area contributed by atoms with Gasteiger partial charge in [-0.25, -0.2) is 12.8 Å². The number of benzene rings is 3. The van der Waals surface area contributed by atoms with Crippen molar-refractivity contribution in [2.75, 3.05) is 10.8 Å². The molecular weight excluding hydrogens is 564 g/mol. The van der Waals surface area contributed by atoms with E-state index in [4.69, 9.17) is 23.2 Å². The minimum absolute atomic E-state index is 0.119. The van der Waals surface area contributed by atoms with E-state index in [1.54, 1.807) is 45.0 Å². The second-order valence-electron chi connectivity index (χ2n) is 9.09. The van der Waals surface area contributed by atoms with Gasteiger partial charge in [0, 0.05) is 28.2 Å². The van der Waals surface area contributed by atoms with Crippen LogP contribution in [-0.2, 0) is 26.2 Å². The molecule has 39 heavy (non-hydrogen) atoms. The highest BCUT2D eigenvalue weighted by Crippen LogP contribution is 2.29. The third kappa shape index (κ3) is 7.29. The van der Waals surface area contributed by atoms with Crippen LogP contribution in [-0.4, -0.2) is 43.8 Å². The van der Waals surface area contributed by atoms with Crippen LogP contribution in [0.1, 0.15) is 32.8 Å². The van der Waals surface area contributed by atoms with Crippen molar-refractivity contribution in [3.8, 4) is 0 Å². The van der Waals surface area contributed by atoms with Gasteiger partial charge in [-0.1, -0.05) is 66.5 Å². The first-order valence-electron chi connectivity index (χ1n) is 12.3. The lowest BCUT2D eigenvalue weighted by Gasteiger charge is -2.34. The Morgan fingerprint density at radius 2 is 1.51 bits per heavy atom. The van der Waals surface area contributed by atoms with Gasteiger partial charge in [-0.05, 0) is 56.7 Å². The van der Waals surface area contributed by atoms with Crippen LogP contribution in [0.2, 0.25) is 10.0 Å². The van der Waals surface area contributed by atoms with E-state index in [2.05, 4.69) is 5.32 Å². The Hall–Kier alpha value is -3.14. The third-order valence-electron chi connectivity index (χ3n) is 5.94. The fraction of sp³-hybridized carbons (Fsp3) is 0.286. The van der Waals surface area contributed by atoms with Gasteiger partial charge in [0.1, 0.15) is 18.4 Å². The summed E-state index contributed by atoms with van der Waals surface area (Å²) in [5.74, 6) is -1.98. The summed E-state index contributed by atoms with van der Waals surface area (Å²) in [6.45, 7) is 4.36. The van der Waals surface area contributed by atoms with Crippen molar-refractivity contribution in [3.63, 3.8) is 0 Å². The first-order valence-corrected chi connectivity index (χ1v) is 14.5. The maximum absolute atomic E-state index is 15.0. The number of anilines is 1. The highest BCUT2D eigenvalue weighted by atomic mass is 35.5. The Labute approximate surface area is 238 Å². The highest BCUT2D eigenvalue weighted by Gasteiger charge is 2.35. The average molecular weight is 595 g/mol. The molecule has 0 fully saturated rings. The number of amides is 2. The highest BCUT2D eigenvalue weighted by molar-refractivity contribution is 7.92. The normalized spacial score (nSPS) is 12.2. The number of rotatable bonds is 11. The summed E-state index contributed by atoms with van der Waals surface area (Å²) in [7, 11) is -4.37. The predicted octanol–water partition coefficient (Wildman–Crippen LogP) is 5.66. The first kappa shape index (κ1) is 30.4. The molecule has 7 nitrogen and oxygen atoms in total. The van der Waals surface area contributed by atoms with Gasteiger partial charge < -0.3 is 10.2 Å². The number of nitrogens with one attached hydrogen (secondary N) is 1. The lowest BCUT2D eigenvalue weighted by molar-refractivity contribution is -0.140. The summed E-state index contributed by atoms with van der Waals surface area (Å²) in [5.41, 5.74) is 0.0958. The van der Waals surface area contributed by atoms with Crippen LogP contribution in [0.5, 0.6) is 0 Å². The molecule has 0 bridgehead atoms. The summed E-state index contributed by atoms with van der Waals surface area (Å²) in [5, 5.41) is 3.36. The van der Waals surface area contributed by atoms with Crippen molar-refractivity contribution < 1.29 is 22.4 Å². The Kier molecular flexibility index (Phi) is 10.4. The second kappa shape index (κ2) is 13.3. The molecule has 0 saturated heterocycles. The van der Waals surface area contributed by atoms with E-state index >= 15 is 0 Å². The molecule has 3 aromatic carbocycles. The van der Waals surface area contributed by atoms with E-state index in [0.717, 1.165) is 6.07 Å². The van der Waals surface area contributed by atoms with Gasteiger partial charge >= 0.3 is 0 Å². The molecule has 0 radical (unpaired) electrons. The Bertz CT molecular complexity index is 1400. The molecule has 3 aromatic rings. The molecule has 1 N–H and O–H groups in total. The van der Waals surface area contributed by atoms with E-state index in [0.29, 0.717) is 9.87 Å². The van der Waals surface area contributed by atoms with E-state index in [1.165, 1.54) is 47.4 Å². The number of carbonyl (C=O) groups excluding carboxylic acids is 2. The van der Waals surface area contributed by atoms with Crippen molar-refractivity contribution >= 4 is 50.7 Å². The van der Waals surface area contributed by atoms with Crippen molar-refractivity contribution in [2.24, 2.45) is 0 Å². The molecule has 0 unspecified atom stereocenters. The molecule has 0 aliphatic carbocycles. The van der Waals surface area contributed by atoms with E-state index in [9.17, 15) is 22.4 Å². The summed E-state index contributed by atoms with van der Waals surface area (Å²) >= 11 is 12.8. The maximum Gasteiger partial charge on any atom is 0.264 e. The molecule has 0 heterocycles. The quantitative estimate of drug-likeness (QED) is 0.311. The van der Waals surface area contributed by atoms with Crippen LogP contribution in [0.25, 0.3) is 0 Å². The van der Waals surface area contributed by atoms with E-state index in [1.807, 2.05) is 0 Å². The molecule has 3 rings (SSSR count). The van der Waals surface area contributed by atoms with Crippen LogP contribution in [0.3, 0.4) is 0 Å². The molecule has 11 heteroatoms. The number of carbonyl (C=O) groups is 2. The number of sulfonamides is 1. The van der Waals surface area contributed by atoms with Gasteiger partial charge in [0.05, 0.1) is 10.6 Å². The van der Waals surface area contributed by atoms with Crippen molar-refractivity contribution in [1.82, 2.24) is 10.2 Å². The standard InChI is InChI=1S/C28H30Cl2FN3O4S/c1-4-25(28(36)32-19(2)3)33(17-21-22(29)13-10-14-23(21)30)27(35)18-34(26-16-9-8-15-24(26)31)39(37,38)20-11-6-5-7-12-20/h5-16,19,25H,4,17-18H2,1-3H3,(H,32,36)/t25-/m1/s1. The lowest BCUT2D eigenvalue weighted by atomic mass is 10.1. The fourth-order valence-corrected chi connectivity index (χ4v) is 6.00. The van der Waals surface area contributed by atoms with Crippen LogP contribution < -0.4 is 9.62 Å². The van der Waals surface area contributed by atoms with Crippen molar-refractivity contribution in [2.45, 2.75) is 50.7 Å². The molecule has 0 spiro atoms. The Morgan fingerprint density at radius 1 is 0.923 bits per heavy atom. The van der Waals surface area contributed by atoms with Gasteiger partial charge in [-0.15, -0.1) is 0 Å². The molecule has 0 aliphatic rings. The van der Waals surface area contributed by atoms with Gasteiger partial charge in [0.15, 0.2) is 0 Å².